The summed E-state index contributed by atoms with van der Waals surface area (Å²) in [6, 6.07) is 0. The van der Waals surface area contributed by atoms with Crippen LogP contribution in [0.25, 0.3) is 0 Å². The van der Waals surface area contributed by atoms with Gasteiger partial charge < -0.3 is 19.5 Å². The highest BCUT2D eigenvalue weighted by molar-refractivity contribution is 5.87. The van der Waals surface area contributed by atoms with Gasteiger partial charge in [-0.1, -0.05) is 0 Å². The van der Waals surface area contributed by atoms with Crippen molar-refractivity contribution in [2.75, 3.05) is 20.3 Å². The van der Waals surface area contributed by atoms with E-state index in [1.165, 1.54) is 7.11 Å². The fourth-order valence-electron chi connectivity index (χ4n) is 1.24. The van der Waals surface area contributed by atoms with Gasteiger partial charge in [0.2, 0.25) is 0 Å². The highest BCUT2D eigenvalue weighted by Crippen LogP contribution is 2.19. The molecule has 0 bridgehead atoms. The number of carbonyl (C=O) groups is 2. The third kappa shape index (κ3) is 2.85. The molecule has 1 saturated heterocycles. The van der Waals surface area contributed by atoms with Gasteiger partial charge >= 0.3 is 12.1 Å². The molecule has 1 fully saturated rings. The number of esters is 1. The predicted molar refractivity (Wildman–Crippen MR) is 54.9 cm³/mol. The summed E-state index contributed by atoms with van der Waals surface area (Å²) in [6.07, 6.45) is -0.652. The molecule has 1 aliphatic rings. The summed E-state index contributed by atoms with van der Waals surface area (Å²) in [5.41, 5.74) is -1.69. The molecular weight excluding hydrogens is 214 g/mol. The number of amides is 1. The molecule has 0 unspecified atom stereocenters. The summed E-state index contributed by atoms with van der Waals surface area (Å²) in [6.45, 7) is 5.45. The van der Waals surface area contributed by atoms with Crippen molar-refractivity contribution < 1.29 is 23.8 Å². The summed E-state index contributed by atoms with van der Waals surface area (Å²) in [7, 11) is 1.26. The van der Waals surface area contributed by atoms with E-state index in [-0.39, 0.29) is 13.2 Å². The van der Waals surface area contributed by atoms with Crippen LogP contribution in [0.2, 0.25) is 0 Å². The molecule has 0 aromatic heterocycles. The molecule has 16 heavy (non-hydrogen) atoms. The second-order valence-corrected chi connectivity index (χ2v) is 4.69. The maximum absolute atomic E-state index is 11.5. The number of carbonyl (C=O) groups excluding carboxylic acids is 2. The van der Waals surface area contributed by atoms with Crippen molar-refractivity contribution in [1.29, 1.82) is 0 Å². The first kappa shape index (κ1) is 12.8. The highest BCUT2D eigenvalue weighted by atomic mass is 16.6. The van der Waals surface area contributed by atoms with Crippen molar-refractivity contribution in [1.82, 2.24) is 5.32 Å². The zero-order valence-corrected chi connectivity index (χ0v) is 9.96. The van der Waals surface area contributed by atoms with Crippen LogP contribution >= 0.6 is 0 Å². The fraction of sp³-hybridized carbons (Fsp3) is 0.800. The van der Waals surface area contributed by atoms with E-state index in [0.29, 0.717) is 0 Å². The number of ether oxygens (including phenoxy) is 3. The average molecular weight is 231 g/mol. The van der Waals surface area contributed by atoms with Gasteiger partial charge in [-0.05, 0) is 20.8 Å². The van der Waals surface area contributed by atoms with Gasteiger partial charge in [-0.25, -0.2) is 9.59 Å². The number of rotatable bonds is 2. The van der Waals surface area contributed by atoms with Gasteiger partial charge in [0, 0.05) is 0 Å². The van der Waals surface area contributed by atoms with Crippen molar-refractivity contribution in [3.63, 3.8) is 0 Å². The van der Waals surface area contributed by atoms with Crippen molar-refractivity contribution in [3.8, 4) is 0 Å². The van der Waals surface area contributed by atoms with E-state index < -0.39 is 23.2 Å². The highest BCUT2D eigenvalue weighted by Gasteiger charge is 2.49. The van der Waals surface area contributed by atoms with Gasteiger partial charge in [0.05, 0.1) is 20.3 Å². The normalized spacial score (nSPS) is 18.2. The fourth-order valence-corrected chi connectivity index (χ4v) is 1.24. The van der Waals surface area contributed by atoms with Crippen LogP contribution in [0, 0.1) is 0 Å². The van der Waals surface area contributed by atoms with Crippen LogP contribution in [0.1, 0.15) is 20.8 Å². The van der Waals surface area contributed by atoms with Crippen LogP contribution in [-0.4, -0.2) is 43.5 Å². The predicted octanol–water partition coefficient (Wildman–Crippen LogP) is 0.453. The summed E-state index contributed by atoms with van der Waals surface area (Å²) in [5.74, 6) is -0.524. The summed E-state index contributed by atoms with van der Waals surface area (Å²) in [5, 5.41) is 2.48. The minimum Gasteiger partial charge on any atom is -0.467 e. The van der Waals surface area contributed by atoms with Crippen LogP contribution in [0.15, 0.2) is 0 Å². The van der Waals surface area contributed by atoms with Crippen LogP contribution in [-0.2, 0) is 19.0 Å². The maximum Gasteiger partial charge on any atom is 0.408 e. The Morgan fingerprint density at radius 3 is 2.19 bits per heavy atom. The lowest BCUT2D eigenvalue weighted by Crippen LogP contribution is -2.67. The van der Waals surface area contributed by atoms with Gasteiger partial charge in [-0.2, -0.15) is 0 Å². The van der Waals surface area contributed by atoms with E-state index in [1.54, 1.807) is 20.8 Å². The van der Waals surface area contributed by atoms with Gasteiger partial charge in [0.25, 0.3) is 0 Å². The van der Waals surface area contributed by atoms with Crippen LogP contribution in [0.3, 0.4) is 0 Å². The van der Waals surface area contributed by atoms with Crippen LogP contribution in [0.4, 0.5) is 4.79 Å². The van der Waals surface area contributed by atoms with Crippen molar-refractivity contribution in [2.45, 2.75) is 31.9 Å². The second kappa shape index (κ2) is 4.29. The maximum atomic E-state index is 11.5. The Morgan fingerprint density at radius 2 is 1.88 bits per heavy atom. The SMILES string of the molecule is COC(=O)C1(NC(=O)OC(C)(C)C)COC1. The first-order valence-electron chi connectivity index (χ1n) is 4.96. The lowest BCUT2D eigenvalue weighted by atomic mass is 9.98. The Kier molecular flexibility index (Phi) is 3.42. The minimum absolute atomic E-state index is 0.110. The van der Waals surface area contributed by atoms with E-state index in [4.69, 9.17) is 9.47 Å². The molecule has 6 nitrogen and oxygen atoms in total. The van der Waals surface area contributed by atoms with Gasteiger partial charge in [0.1, 0.15) is 5.60 Å². The van der Waals surface area contributed by atoms with E-state index in [0.717, 1.165) is 0 Å². The number of methoxy groups -OCH3 is 1. The van der Waals surface area contributed by atoms with Crippen LogP contribution < -0.4 is 5.32 Å². The number of alkyl carbamates (subject to hydrolysis) is 1. The molecule has 92 valence electrons. The first-order valence-corrected chi connectivity index (χ1v) is 4.96. The van der Waals surface area contributed by atoms with Gasteiger partial charge in [0.15, 0.2) is 5.54 Å². The molecule has 0 radical (unpaired) electrons. The Morgan fingerprint density at radius 1 is 1.31 bits per heavy atom. The second-order valence-electron chi connectivity index (χ2n) is 4.69. The Balaban J connectivity index is 2.58. The average Bonchev–Trinajstić information content (AvgIpc) is 2.07. The number of hydrogen-bond acceptors (Lipinski definition) is 5. The van der Waals surface area contributed by atoms with E-state index in [9.17, 15) is 9.59 Å². The standard InChI is InChI=1S/C10H17NO5/c1-9(2,3)16-8(13)11-10(5-15-6-10)7(12)14-4/h5-6H2,1-4H3,(H,11,13). The quantitative estimate of drug-likeness (QED) is 0.698. The molecule has 0 aromatic rings. The number of nitrogens with one attached hydrogen (secondary N) is 1. The monoisotopic (exact) mass is 231 g/mol. The molecule has 1 N–H and O–H groups in total. The van der Waals surface area contributed by atoms with Crippen molar-refractivity contribution in [3.05, 3.63) is 0 Å². The molecular formula is C10H17NO5. The van der Waals surface area contributed by atoms with Crippen molar-refractivity contribution in [2.24, 2.45) is 0 Å². The molecule has 1 amide bonds. The van der Waals surface area contributed by atoms with Crippen molar-refractivity contribution >= 4 is 12.1 Å². The molecule has 0 aromatic carbocycles. The molecule has 6 heteroatoms. The van der Waals surface area contributed by atoms with E-state index >= 15 is 0 Å². The third-order valence-corrected chi connectivity index (χ3v) is 2.01. The minimum atomic E-state index is -1.09. The molecule has 0 atom stereocenters. The zero-order valence-electron chi connectivity index (χ0n) is 9.96. The Labute approximate surface area is 94.2 Å². The summed E-state index contributed by atoms with van der Waals surface area (Å²) in [4.78, 5) is 22.9. The molecule has 0 saturated carbocycles. The molecule has 1 rings (SSSR count). The smallest absolute Gasteiger partial charge is 0.408 e. The largest absolute Gasteiger partial charge is 0.467 e. The molecule has 1 aliphatic heterocycles. The molecule has 0 spiro atoms. The Bertz CT molecular complexity index is 290. The topological polar surface area (TPSA) is 73.9 Å². The molecule has 1 heterocycles. The summed E-state index contributed by atoms with van der Waals surface area (Å²) < 4.78 is 14.6. The van der Waals surface area contributed by atoms with Gasteiger partial charge in [-0.15, -0.1) is 0 Å². The lowest BCUT2D eigenvalue weighted by Gasteiger charge is -2.39. The van der Waals surface area contributed by atoms with Crippen LogP contribution in [0.5, 0.6) is 0 Å². The molecule has 0 aliphatic carbocycles. The van der Waals surface area contributed by atoms with Gasteiger partial charge in [-0.3, -0.25) is 0 Å². The lowest BCUT2D eigenvalue weighted by molar-refractivity contribution is -0.169. The third-order valence-electron chi connectivity index (χ3n) is 2.01. The first-order chi connectivity index (χ1) is 7.29. The zero-order chi connectivity index (χ0) is 12.4. The van der Waals surface area contributed by atoms with E-state index in [2.05, 4.69) is 10.1 Å². The Hall–Kier alpha value is -1.30. The number of hydrogen-bond donors (Lipinski definition) is 1. The van der Waals surface area contributed by atoms with E-state index in [1.807, 2.05) is 0 Å². The summed E-state index contributed by atoms with van der Waals surface area (Å²) >= 11 is 0.